The summed E-state index contributed by atoms with van der Waals surface area (Å²) in [5.41, 5.74) is 1.33. The minimum absolute atomic E-state index is 0.723. The Labute approximate surface area is 110 Å². The van der Waals surface area contributed by atoms with E-state index in [1.807, 2.05) is 0 Å². The van der Waals surface area contributed by atoms with Crippen LogP contribution in [0.3, 0.4) is 0 Å². The molecule has 18 heavy (non-hydrogen) atoms. The Hall–Kier alpha value is -1.00. The number of nitrogens with one attached hydrogen (secondary N) is 1. The lowest BCUT2D eigenvalue weighted by Crippen LogP contribution is -2.56. The number of ether oxygens (including phenoxy) is 1. The highest BCUT2D eigenvalue weighted by atomic mass is 16.5. The maximum Gasteiger partial charge on any atom is 0.137 e. The van der Waals surface area contributed by atoms with Crippen LogP contribution in [0.5, 0.6) is 0 Å². The van der Waals surface area contributed by atoms with Gasteiger partial charge in [0.25, 0.3) is 0 Å². The number of hydrogen-bond donors (Lipinski definition) is 1. The number of nitrogens with zero attached hydrogens (tertiary/aromatic N) is 2. The van der Waals surface area contributed by atoms with E-state index in [9.17, 15) is 0 Å². The molecule has 0 spiro atoms. The second-order valence-electron chi connectivity index (χ2n) is 5.17. The van der Waals surface area contributed by atoms with Crippen LogP contribution < -0.4 is 5.32 Å². The van der Waals surface area contributed by atoms with E-state index in [1.165, 1.54) is 5.70 Å². The van der Waals surface area contributed by atoms with Crippen LogP contribution in [-0.4, -0.2) is 63.2 Å². The molecule has 0 radical (unpaired) electrons. The zero-order valence-electron chi connectivity index (χ0n) is 11.8. The van der Waals surface area contributed by atoms with Crippen molar-refractivity contribution in [1.29, 1.82) is 0 Å². The van der Waals surface area contributed by atoms with Crippen molar-refractivity contribution in [3.05, 3.63) is 23.6 Å². The molecule has 1 fully saturated rings. The quantitative estimate of drug-likeness (QED) is 0.763. The molecule has 0 aromatic rings. The highest BCUT2D eigenvalue weighted by molar-refractivity contribution is 5.23. The monoisotopic (exact) mass is 251 g/mol. The normalized spacial score (nSPS) is 20.2. The fourth-order valence-corrected chi connectivity index (χ4v) is 2.41. The van der Waals surface area contributed by atoms with Crippen molar-refractivity contribution in [1.82, 2.24) is 15.1 Å². The first-order valence-corrected chi connectivity index (χ1v) is 6.78. The summed E-state index contributed by atoms with van der Waals surface area (Å²) < 4.78 is 5.44. The maximum absolute atomic E-state index is 5.44. The summed E-state index contributed by atoms with van der Waals surface area (Å²) in [6, 6.07) is 0.723. The first-order valence-electron chi connectivity index (χ1n) is 6.78. The molecule has 1 saturated heterocycles. The van der Waals surface area contributed by atoms with Crippen molar-refractivity contribution >= 4 is 0 Å². The van der Waals surface area contributed by atoms with Gasteiger partial charge >= 0.3 is 0 Å². The Balaban J connectivity index is 1.84. The fourth-order valence-electron chi connectivity index (χ4n) is 2.41. The van der Waals surface area contributed by atoms with E-state index in [4.69, 9.17) is 4.74 Å². The molecule has 4 heteroatoms. The Kier molecular flexibility index (Phi) is 4.66. The van der Waals surface area contributed by atoms with E-state index in [0.29, 0.717) is 0 Å². The highest BCUT2D eigenvalue weighted by Crippen LogP contribution is 2.21. The lowest BCUT2D eigenvalue weighted by molar-refractivity contribution is 0.164. The molecule has 1 N–H and O–H groups in total. The zero-order valence-corrected chi connectivity index (χ0v) is 11.8. The third-order valence-corrected chi connectivity index (χ3v) is 3.95. The molecule has 0 aromatic carbocycles. The van der Waals surface area contributed by atoms with Crippen LogP contribution in [0.1, 0.15) is 12.8 Å². The Morgan fingerprint density at radius 1 is 1.33 bits per heavy atom. The van der Waals surface area contributed by atoms with Crippen LogP contribution in [0, 0.1) is 0 Å². The van der Waals surface area contributed by atoms with E-state index >= 15 is 0 Å². The van der Waals surface area contributed by atoms with E-state index in [2.05, 4.69) is 41.4 Å². The number of rotatable bonds is 6. The molecule has 0 amide bonds. The molecule has 0 bridgehead atoms. The van der Waals surface area contributed by atoms with Gasteiger partial charge in [0.15, 0.2) is 0 Å². The van der Waals surface area contributed by atoms with Crippen molar-refractivity contribution in [2.45, 2.75) is 18.9 Å². The number of methoxy groups -OCH3 is 1. The molecule has 0 atom stereocenters. The molecule has 1 aliphatic heterocycles. The van der Waals surface area contributed by atoms with Crippen LogP contribution in [-0.2, 0) is 4.74 Å². The molecule has 1 aliphatic carbocycles. The van der Waals surface area contributed by atoms with Crippen molar-refractivity contribution in [2.75, 3.05) is 47.4 Å². The molecular formula is C14H25N3O. The van der Waals surface area contributed by atoms with Crippen molar-refractivity contribution in [2.24, 2.45) is 0 Å². The molecule has 2 rings (SSSR count). The standard InChI is InChI=1S/C14H25N3O/c1-16(12-10-15-11-12)8-9-17(2)13-6-4-5-7-14(13)18-3/h5,7,12,15H,4,6,8-11H2,1-3H3. The molecule has 4 nitrogen and oxygen atoms in total. The summed E-state index contributed by atoms with van der Waals surface area (Å²) in [5, 5.41) is 3.32. The van der Waals surface area contributed by atoms with E-state index < -0.39 is 0 Å². The number of likely N-dealkylation sites (N-methyl/N-ethyl adjacent to an activating group) is 2. The molecule has 102 valence electrons. The molecule has 0 unspecified atom stereocenters. The summed E-state index contributed by atoms with van der Waals surface area (Å²) in [5.74, 6) is 1.02. The summed E-state index contributed by atoms with van der Waals surface area (Å²) in [6.45, 7) is 4.43. The topological polar surface area (TPSA) is 27.7 Å². The predicted molar refractivity (Wildman–Crippen MR) is 74.3 cm³/mol. The fraction of sp³-hybridized carbons (Fsp3) is 0.714. The van der Waals surface area contributed by atoms with Gasteiger partial charge in [0, 0.05) is 39.3 Å². The average molecular weight is 251 g/mol. The van der Waals surface area contributed by atoms with Gasteiger partial charge in [-0.2, -0.15) is 0 Å². The summed E-state index contributed by atoms with van der Waals surface area (Å²) in [4.78, 5) is 4.78. The van der Waals surface area contributed by atoms with Crippen LogP contribution in [0.4, 0.5) is 0 Å². The van der Waals surface area contributed by atoms with Crippen LogP contribution in [0.15, 0.2) is 23.6 Å². The van der Waals surface area contributed by atoms with Gasteiger partial charge in [-0.3, -0.25) is 4.90 Å². The van der Waals surface area contributed by atoms with Gasteiger partial charge in [0.2, 0.25) is 0 Å². The smallest absolute Gasteiger partial charge is 0.137 e. The average Bonchev–Trinajstić information content (AvgIpc) is 2.33. The molecule has 1 heterocycles. The lowest BCUT2D eigenvalue weighted by atomic mass is 10.1. The SMILES string of the molecule is COC1=C(N(C)CCN(C)C2CNC2)CCC=C1. The van der Waals surface area contributed by atoms with E-state index in [1.54, 1.807) is 7.11 Å². The van der Waals surface area contributed by atoms with Gasteiger partial charge < -0.3 is 15.0 Å². The second-order valence-corrected chi connectivity index (χ2v) is 5.17. The largest absolute Gasteiger partial charge is 0.495 e. The van der Waals surface area contributed by atoms with Gasteiger partial charge in [-0.1, -0.05) is 6.08 Å². The van der Waals surface area contributed by atoms with Crippen molar-refractivity contribution in [3.8, 4) is 0 Å². The first-order chi connectivity index (χ1) is 8.72. The molecular weight excluding hydrogens is 226 g/mol. The van der Waals surface area contributed by atoms with E-state index in [-0.39, 0.29) is 0 Å². The summed E-state index contributed by atoms with van der Waals surface area (Å²) in [6.07, 6.45) is 6.48. The van der Waals surface area contributed by atoms with Gasteiger partial charge in [-0.05, 0) is 26.0 Å². The Bertz CT molecular complexity index is 334. The van der Waals surface area contributed by atoms with Gasteiger partial charge in [0.05, 0.1) is 12.8 Å². The highest BCUT2D eigenvalue weighted by Gasteiger charge is 2.21. The van der Waals surface area contributed by atoms with Crippen LogP contribution in [0.25, 0.3) is 0 Å². The third-order valence-electron chi connectivity index (χ3n) is 3.95. The molecule has 0 saturated carbocycles. The summed E-state index contributed by atoms with van der Waals surface area (Å²) in [7, 11) is 6.14. The summed E-state index contributed by atoms with van der Waals surface area (Å²) >= 11 is 0. The predicted octanol–water partition coefficient (Wildman–Crippen LogP) is 1.03. The molecule has 0 aromatic heterocycles. The minimum Gasteiger partial charge on any atom is -0.495 e. The van der Waals surface area contributed by atoms with E-state index in [0.717, 1.165) is 50.8 Å². The lowest BCUT2D eigenvalue weighted by Gasteiger charge is -2.37. The van der Waals surface area contributed by atoms with Gasteiger partial charge in [-0.15, -0.1) is 0 Å². The minimum atomic E-state index is 0.723. The Morgan fingerprint density at radius 3 is 2.72 bits per heavy atom. The first kappa shape index (κ1) is 13.4. The number of hydrogen-bond acceptors (Lipinski definition) is 4. The number of allylic oxidation sites excluding steroid dienone is 3. The zero-order chi connectivity index (χ0) is 13.0. The van der Waals surface area contributed by atoms with Crippen molar-refractivity contribution < 1.29 is 4.74 Å². The van der Waals surface area contributed by atoms with Gasteiger partial charge in [0.1, 0.15) is 5.76 Å². The second kappa shape index (κ2) is 6.25. The molecule has 2 aliphatic rings. The Morgan fingerprint density at radius 2 is 2.11 bits per heavy atom. The van der Waals surface area contributed by atoms with Gasteiger partial charge in [-0.25, -0.2) is 0 Å². The van der Waals surface area contributed by atoms with Crippen molar-refractivity contribution in [3.63, 3.8) is 0 Å². The third kappa shape index (κ3) is 3.06. The van der Waals surface area contributed by atoms with Crippen LogP contribution >= 0.6 is 0 Å². The maximum atomic E-state index is 5.44. The van der Waals surface area contributed by atoms with Crippen LogP contribution in [0.2, 0.25) is 0 Å².